The van der Waals surface area contributed by atoms with Gasteiger partial charge in [-0.25, -0.2) is 4.68 Å². The Hall–Kier alpha value is -2.97. The van der Waals surface area contributed by atoms with Crippen molar-refractivity contribution in [1.82, 2.24) is 30.4 Å². The molecular formula is C19H26N6O3. The average Bonchev–Trinajstić information content (AvgIpc) is 3.24. The SMILES string of the molecule is COc1cccc(CNC(=O)CC[C@H]2CCCN(C(=O)Cn3cnnn3)C2)c1. The predicted octanol–water partition coefficient (Wildman–Crippen LogP) is 1.02. The zero-order valence-electron chi connectivity index (χ0n) is 16.1. The number of nitrogens with zero attached hydrogens (tertiary/aromatic N) is 5. The first kappa shape index (κ1) is 19.8. The number of hydrogen-bond donors (Lipinski definition) is 1. The molecule has 1 aromatic heterocycles. The molecule has 0 radical (unpaired) electrons. The van der Waals surface area contributed by atoms with Crippen molar-refractivity contribution in [3.63, 3.8) is 0 Å². The number of piperidine rings is 1. The lowest BCUT2D eigenvalue weighted by Crippen LogP contribution is -2.41. The van der Waals surface area contributed by atoms with Crippen LogP contribution < -0.4 is 10.1 Å². The zero-order chi connectivity index (χ0) is 19.8. The van der Waals surface area contributed by atoms with Crippen molar-refractivity contribution < 1.29 is 14.3 Å². The van der Waals surface area contributed by atoms with Gasteiger partial charge >= 0.3 is 0 Å². The van der Waals surface area contributed by atoms with Crippen molar-refractivity contribution in [3.8, 4) is 5.75 Å². The first-order chi connectivity index (χ1) is 13.6. The third kappa shape index (κ3) is 5.77. The van der Waals surface area contributed by atoms with Gasteiger partial charge in [-0.05, 0) is 53.3 Å². The number of tetrazole rings is 1. The van der Waals surface area contributed by atoms with Crippen molar-refractivity contribution in [2.24, 2.45) is 5.92 Å². The van der Waals surface area contributed by atoms with Crippen LogP contribution in [0.3, 0.4) is 0 Å². The number of likely N-dealkylation sites (tertiary alicyclic amines) is 1. The number of aromatic nitrogens is 4. The molecular weight excluding hydrogens is 360 g/mol. The fourth-order valence-electron chi connectivity index (χ4n) is 3.43. The second kappa shape index (κ2) is 9.82. The summed E-state index contributed by atoms with van der Waals surface area (Å²) in [6, 6.07) is 7.65. The molecule has 2 heterocycles. The molecule has 28 heavy (non-hydrogen) atoms. The Labute approximate surface area is 164 Å². The van der Waals surface area contributed by atoms with Gasteiger partial charge in [0, 0.05) is 26.1 Å². The van der Waals surface area contributed by atoms with Crippen molar-refractivity contribution >= 4 is 11.8 Å². The highest BCUT2D eigenvalue weighted by Gasteiger charge is 2.24. The minimum atomic E-state index is 0.0134. The number of benzene rings is 1. The Morgan fingerprint density at radius 2 is 2.25 bits per heavy atom. The summed E-state index contributed by atoms with van der Waals surface area (Å²) in [6.07, 6.45) is 4.67. The van der Waals surface area contributed by atoms with Gasteiger partial charge in [0.15, 0.2) is 0 Å². The second-order valence-electron chi connectivity index (χ2n) is 7.02. The van der Waals surface area contributed by atoms with E-state index in [0.29, 0.717) is 25.4 Å². The van der Waals surface area contributed by atoms with Crippen LogP contribution in [-0.4, -0.2) is 57.1 Å². The maximum Gasteiger partial charge on any atom is 0.244 e. The van der Waals surface area contributed by atoms with E-state index >= 15 is 0 Å². The van der Waals surface area contributed by atoms with Crippen LogP contribution in [0, 0.1) is 5.92 Å². The van der Waals surface area contributed by atoms with E-state index in [9.17, 15) is 9.59 Å². The lowest BCUT2D eigenvalue weighted by Gasteiger charge is -2.32. The monoisotopic (exact) mass is 386 g/mol. The number of methoxy groups -OCH3 is 1. The van der Waals surface area contributed by atoms with Crippen molar-refractivity contribution in [2.75, 3.05) is 20.2 Å². The van der Waals surface area contributed by atoms with Crippen LogP contribution in [0.15, 0.2) is 30.6 Å². The van der Waals surface area contributed by atoms with Crippen LogP contribution in [0.2, 0.25) is 0 Å². The summed E-state index contributed by atoms with van der Waals surface area (Å²) in [5, 5.41) is 13.8. The number of carbonyl (C=O) groups is 2. The zero-order valence-corrected chi connectivity index (χ0v) is 16.1. The molecule has 1 aliphatic rings. The molecule has 0 aliphatic carbocycles. The van der Waals surface area contributed by atoms with Crippen LogP contribution in [-0.2, 0) is 22.7 Å². The van der Waals surface area contributed by atoms with Gasteiger partial charge < -0.3 is 15.0 Å². The summed E-state index contributed by atoms with van der Waals surface area (Å²) in [6.45, 7) is 2.07. The van der Waals surface area contributed by atoms with E-state index in [0.717, 1.165) is 37.1 Å². The maximum absolute atomic E-state index is 12.4. The number of amides is 2. The normalized spacial score (nSPS) is 16.6. The van der Waals surface area contributed by atoms with Gasteiger partial charge in [0.05, 0.1) is 7.11 Å². The molecule has 2 aromatic rings. The Bertz CT molecular complexity index is 780. The predicted molar refractivity (Wildman–Crippen MR) is 101 cm³/mol. The van der Waals surface area contributed by atoms with E-state index in [1.165, 1.54) is 11.0 Å². The number of ether oxygens (including phenoxy) is 1. The first-order valence-corrected chi connectivity index (χ1v) is 9.52. The third-order valence-corrected chi connectivity index (χ3v) is 4.96. The summed E-state index contributed by atoms with van der Waals surface area (Å²) in [5.41, 5.74) is 1.00. The van der Waals surface area contributed by atoms with Crippen molar-refractivity contribution in [2.45, 2.75) is 38.8 Å². The van der Waals surface area contributed by atoms with Crippen LogP contribution in [0.25, 0.3) is 0 Å². The van der Waals surface area contributed by atoms with E-state index in [1.54, 1.807) is 7.11 Å². The molecule has 2 amide bonds. The minimum Gasteiger partial charge on any atom is -0.497 e. The van der Waals surface area contributed by atoms with Gasteiger partial charge in [-0.15, -0.1) is 5.10 Å². The van der Waals surface area contributed by atoms with Gasteiger partial charge in [-0.1, -0.05) is 12.1 Å². The Morgan fingerprint density at radius 1 is 1.36 bits per heavy atom. The lowest BCUT2D eigenvalue weighted by molar-refractivity contribution is -0.133. The molecule has 1 saturated heterocycles. The standard InChI is InChI=1S/C19H26N6O3/c1-28-17-6-2-4-16(10-17)11-20-18(26)8-7-15-5-3-9-24(12-15)19(27)13-25-14-21-22-23-25/h2,4,6,10,14-15H,3,5,7-9,11-13H2,1H3,(H,20,26)/t15-/m1/s1. The molecule has 3 rings (SSSR count). The quantitative estimate of drug-likeness (QED) is 0.727. The number of hydrogen-bond acceptors (Lipinski definition) is 6. The van der Waals surface area contributed by atoms with Gasteiger partial charge in [-0.2, -0.15) is 0 Å². The van der Waals surface area contributed by atoms with E-state index in [4.69, 9.17) is 4.74 Å². The van der Waals surface area contributed by atoms with Crippen LogP contribution >= 0.6 is 0 Å². The van der Waals surface area contributed by atoms with Crippen LogP contribution in [0.1, 0.15) is 31.2 Å². The largest absolute Gasteiger partial charge is 0.497 e. The summed E-state index contributed by atoms with van der Waals surface area (Å²) in [7, 11) is 1.62. The lowest BCUT2D eigenvalue weighted by atomic mass is 9.93. The van der Waals surface area contributed by atoms with E-state index in [2.05, 4.69) is 20.8 Å². The topological polar surface area (TPSA) is 102 Å². The highest BCUT2D eigenvalue weighted by molar-refractivity contribution is 5.76. The molecule has 1 aromatic carbocycles. The first-order valence-electron chi connectivity index (χ1n) is 9.52. The molecule has 1 aliphatic heterocycles. The van der Waals surface area contributed by atoms with Crippen molar-refractivity contribution in [1.29, 1.82) is 0 Å². The molecule has 0 saturated carbocycles. The molecule has 1 fully saturated rings. The molecule has 9 nitrogen and oxygen atoms in total. The fourth-order valence-corrected chi connectivity index (χ4v) is 3.43. The van der Waals surface area contributed by atoms with Gasteiger partial charge in [0.25, 0.3) is 0 Å². The number of nitrogens with one attached hydrogen (secondary N) is 1. The summed E-state index contributed by atoms with van der Waals surface area (Å²) in [4.78, 5) is 26.4. The van der Waals surface area contributed by atoms with Crippen LogP contribution in [0.5, 0.6) is 5.75 Å². The molecule has 0 bridgehead atoms. The molecule has 1 atom stereocenters. The van der Waals surface area contributed by atoms with Crippen LogP contribution in [0.4, 0.5) is 0 Å². The Kier molecular flexibility index (Phi) is 6.94. The van der Waals surface area contributed by atoms with Crippen molar-refractivity contribution in [3.05, 3.63) is 36.2 Å². The number of rotatable bonds is 8. The summed E-state index contributed by atoms with van der Waals surface area (Å²) >= 11 is 0. The number of carbonyl (C=O) groups excluding carboxylic acids is 2. The molecule has 9 heteroatoms. The molecule has 0 spiro atoms. The average molecular weight is 386 g/mol. The highest BCUT2D eigenvalue weighted by atomic mass is 16.5. The Balaban J connectivity index is 1.39. The summed E-state index contributed by atoms with van der Waals surface area (Å²) in [5.74, 6) is 1.16. The molecule has 0 unspecified atom stereocenters. The second-order valence-corrected chi connectivity index (χ2v) is 7.02. The molecule has 150 valence electrons. The van der Waals surface area contributed by atoms with Gasteiger partial charge in [0.1, 0.15) is 18.6 Å². The minimum absolute atomic E-state index is 0.0134. The fraction of sp³-hybridized carbons (Fsp3) is 0.526. The van der Waals surface area contributed by atoms with E-state index in [-0.39, 0.29) is 18.4 Å². The summed E-state index contributed by atoms with van der Waals surface area (Å²) < 4.78 is 6.62. The molecule has 1 N–H and O–H groups in total. The van der Waals surface area contributed by atoms with E-state index < -0.39 is 0 Å². The van der Waals surface area contributed by atoms with Gasteiger partial charge in [0.2, 0.25) is 11.8 Å². The van der Waals surface area contributed by atoms with Gasteiger partial charge in [-0.3, -0.25) is 9.59 Å². The third-order valence-electron chi connectivity index (χ3n) is 4.96. The van der Waals surface area contributed by atoms with E-state index in [1.807, 2.05) is 29.2 Å². The highest BCUT2D eigenvalue weighted by Crippen LogP contribution is 2.21. The smallest absolute Gasteiger partial charge is 0.244 e. The maximum atomic E-state index is 12.4. The Morgan fingerprint density at radius 3 is 3.04 bits per heavy atom.